The molecule has 2 aromatic rings. The van der Waals surface area contributed by atoms with Crippen LogP contribution in [-0.2, 0) is 20.8 Å². The van der Waals surface area contributed by atoms with Crippen molar-refractivity contribution in [3.63, 3.8) is 0 Å². The van der Waals surface area contributed by atoms with E-state index < -0.39 is 17.6 Å². The van der Waals surface area contributed by atoms with Crippen molar-refractivity contribution in [2.24, 2.45) is 28.6 Å². The number of hydrogen-bond donors (Lipinski definition) is 1. The number of carbonyl (C=O) groups excluding carboxylic acids is 1. The van der Waals surface area contributed by atoms with E-state index in [1.54, 1.807) is 0 Å². The van der Waals surface area contributed by atoms with Gasteiger partial charge in [0, 0.05) is 25.6 Å². The van der Waals surface area contributed by atoms with Crippen LogP contribution in [0.1, 0.15) is 84.9 Å². The van der Waals surface area contributed by atoms with Gasteiger partial charge >= 0.3 is 5.97 Å². The molecule has 40 heavy (non-hydrogen) atoms. The van der Waals surface area contributed by atoms with Crippen molar-refractivity contribution in [2.45, 2.75) is 98.1 Å². The lowest BCUT2D eigenvalue weighted by molar-refractivity contribution is -0.171. The van der Waals surface area contributed by atoms with E-state index in [1.165, 1.54) is 12.0 Å². The van der Waals surface area contributed by atoms with Crippen molar-refractivity contribution in [2.75, 3.05) is 13.7 Å². The van der Waals surface area contributed by atoms with Crippen LogP contribution < -0.4 is 0 Å². The minimum atomic E-state index is -0.873. The Balaban J connectivity index is 1.88. The zero-order valence-electron chi connectivity index (χ0n) is 25.9. The molecule has 2 bridgehead atoms. The molecule has 0 radical (unpaired) electrons. The number of aliphatic hydroxyl groups excluding tert-OH is 1. The fourth-order valence-electron chi connectivity index (χ4n) is 7.67. The maximum absolute atomic E-state index is 14.1. The van der Waals surface area contributed by atoms with Crippen LogP contribution in [0.25, 0.3) is 0 Å². The summed E-state index contributed by atoms with van der Waals surface area (Å²) in [5, 5.41) is 11.7. The number of nitrogens with zero attached hydrogens (tertiary/aromatic N) is 1. The van der Waals surface area contributed by atoms with Crippen molar-refractivity contribution in [3.8, 4) is 0 Å². The molecule has 1 N–H and O–H groups in total. The molecule has 0 aliphatic heterocycles. The highest BCUT2D eigenvalue weighted by Crippen LogP contribution is 2.67. The zero-order chi connectivity index (χ0) is 29.3. The number of ether oxygens (including phenoxy) is 2. The van der Waals surface area contributed by atoms with Gasteiger partial charge in [-0.15, -0.1) is 0 Å². The Kier molecular flexibility index (Phi) is 9.19. The smallest absolute Gasteiger partial charge is 0.314 e. The molecule has 6 atom stereocenters. The average Bonchev–Trinajstić information content (AvgIpc) is 3.26. The number of carbonyl (C=O) groups is 1. The second kappa shape index (κ2) is 12.0. The highest BCUT2D eigenvalue weighted by Gasteiger charge is 2.65. The van der Waals surface area contributed by atoms with Crippen LogP contribution in [0, 0.1) is 28.6 Å². The molecule has 4 rings (SSSR count). The van der Waals surface area contributed by atoms with Gasteiger partial charge in [0.05, 0.1) is 18.2 Å². The van der Waals surface area contributed by atoms with E-state index in [0.29, 0.717) is 12.5 Å². The van der Waals surface area contributed by atoms with Gasteiger partial charge in [-0.25, -0.2) is 0 Å². The molecule has 2 aliphatic rings. The first kappa shape index (κ1) is 30.7. The van der Waals surface area contributed by atoms with Crippen LogP contribution in [-0.4, -0.2) is 47.4 Å². The fraction of sp³-hybridized carbons (Fsp3) is 0.629. The van der Waals surface area contributed by atoms with E-state index in [-0.39, 0.29) is 34.9 Å². The van der Waals surface area contributed by atoms with Crippen molar-refractivity contribution in [1.29, 1.82) is 0 Å². The Morgan fingerprint density at radius 2 is 1.65 bits per heavy atom. The maximum atomic E-state index is 14.1. The normalized spacial score (nSPS) is 26.2. The van der Waals surface area contributed by atoms with Crippen LogP contribution in [0.2, 0.25) is 0 Å². The molecule has 5 nitrogen and oxygen atoms in total. The number of benzene rings is 2. The number of aliphatic hydroxyl groups is 1. The summed E-state index contributed by atoms with van der Waals surface area (Å²) < 4.78 is 12.2. The van der Waals surface area contributed by atoms with Gasteiger partial charge in [0.1, 0.15) is 11.5 Å². The molecule has 5 heteroatoms. The fourth-order valence-corrected chi connectivity index (χ4v) is 7.67. The third-order valence-corrected chi connectivity index (χ3v) is 9.96. The first-order valence-corrected chi connectivity index (χ1v) is 15.1. The molecule has 0 saturated heterocycles. The van der Waals surface area contributed by atoms with Gasteiger partial charge in [0.15, 0.2) is 0 Å². The molecule has 3 unspecified atom stereocenters. The number of fused-ring (bicyclic) bond motifs is 2. The number of esters is 1. The molecular formula is C35H51NO4. The molecule has 2 fully saturated rings. The van der Waals surface area contributed by atoms with Crippen LogP contribution in [0.4, 0.5) is 0 Å². The van der Waals surface area contributed by atoms with E-state index in [0.717, 1.165) is 24.9 Å². The SMILES string of the molecule is CO[C@@H]1C[C@H]2CC[C@]1(CN(Cc1ccccc1)C(c1ccccc1)C(C(=O)OC(C)(C)C)C(O)C(C)C)C2(C)C. The lowest BCUT2D eigenvalue weighted by Gasteiger charge is -2.49. The summed E-state index contributed by atoms with van der Waals surface area (Å²) in [6.07, 6.45) is 2.65. The van der Waals surface area contributed by atoms with Crippen LogP contribution >= 0.6 is 0 Å². The predicted molar refractivity (Wildman–Crippen MR) is 161 cm³/mol. The minimum absolute atomic E-state index is 0.0600. The van der Waals surface area contributed by atoms with E-state index in [9.17, 15) is 9.90 Å². The molecule has 0 aromatic heterocycles. The Hall–Kier alpha value is -2.21. The molecule has 0 amide bonds. The highest BCUT2D eigenvalue weighted by atomic mass is 16.6. The van der Waals surface area contributed by atoms with Gasteiger partial charge in [-0.1, -0.05) is 88.4 Å². The molecule has 2 saturated carbocycles. The number of hydrogen-bond acceptors (Lipinski definition) is 5. The maximum Gasteiger partial charge on any atom is 0.314 e. The summed E-state index contributed by atoms with van der Waals surface area (Å²) in [6, 6.07) is 20.3. The zero-order valence-corrected chi connectivity index (χ0v) is 25.9. The van der Waals surface area contributed by atoms with E-state index >= 15 is 0 Å². The molecule has 2 aliphatic carbocycles. The van der Waals surface area contributed by atoms with E-state index in [2.05, 4.69) is 55.1 Å². The van der Waals surface area contributed by atoms with Gasteiger partial charge in [-0.3, -0.25) is 9.69 Å². The predicted octanol–water partition coefficient (Wildman–Crippen LogP) is 7.05. The Morgan fingerprint density at radius 1 is 1.05 bits per heavy atom. The molecule has 2 aromatic carbocycles. The van der Waals surface area contributed by atoms with Gasteiger partial charge in [0.25, 0.3) is 0 Å². The number of rotatable bonds is 11. The van der Waals surface area contributed by atoms with E-state index in [1.807, 2.05) is 66.0 Å². The standard InChI is InChI=1S/C35H51NO4/c1-24(2)31(37)29(32(38)40-33(3,4)5)30(26-17-13-10-14-18-26)36(22-25-15-11-9-12-16-25)23-35-20-19-27(34(35,6)7)21-28(35)39-8/h9-18,24,27-31,37H,19-23H2,1-8H3/t27-,28-,29?,30?,31?,35-/m1/s1. The first-order chi connectivity index (χ1) is 18.8. The van der Waals surface area contributed by atoms with Gasteiger partial charge in [-0.05, 0) is 68.4 Å². The highest BCUT2D eigenvalue weighted by molar-refractivity contribution is 5.75. The largest absolute Gasteiger partial charge is 0.460 e. The quantitative estimate of drug-likeness (QED) is 0.305. The van der Waals surface area contributed by atoms with Crippen molar-refractivity contribution < 1.29 is 19.4 Å². The Morgan fingerprint density at radius 3 is 2.17 bits per heavy atom. The lowest BCUT2D eigenvalue weighted by atomic mass is 9.67. The molecule has 220 valence electrons. The first-order valence-electron chi connectivity index (χ1n) is 15.1. The minimum Gasteiger partial charge on any atom is -0.460 e. The van der Waals surface area contributed by atoms with Crippen LogP contribution in [0.15, 0.2) is 60.7 Å². The summed E-state index contributed by atoms with van der Waals surface area (Å²) in [5.74, 6) is -0.610. The second-order valence-electron chi connectivity index (χ2n) is 14.1. The van der Waals surface area contributed by atoms with Gasteiger partial charge in [-0.2, -0.15) is 0 Å². The Bertz CT molecular complexity index is 1110. The summed E-state index contributed by atoms with van der Waals surface area (Å²) in [7, 11) is 1.85. The second-order valence-corrected chi connectivity index (χ2v) is 14.1. The van der Waals surface area contributed by atoms with Crippen molar-refractivity contribution in [1.82, 2.24) is 4.90 Å². The number of methoxy groups -OCH3 is 1. The summed E-state index contributed by atoms with van der Waals surface area (Å²) in [5.41, 5.74) is 1.58. The third kappa shape index (κ3) is 6.03. The summed E-state index contributed by atoms with van der Waals surface area (Å²) >= 11 is 0. The topological polar surface area (TPSA) is 59.0 Å². The van der Waals surface area contributed by atoms with E-state index in [4.69, 9.17) is 9.47 Å². The van der Waals surface area contributed by atoms with Gasteiger partial charge in [0.2, 0.25) is 0 Å². The molecule has 0 spiro atoms. The summed E-state index contributed by atoms with van der Waals surface area (Å²) in [6.45, 7) is 15.9. The molecule has 0 heterocycles. The van der Waals surface area contributed by atoms with Crippen molar-refractivity contribution >= 4 is 5.97 Å². The third-order valence-electron chi connectivity index (χ3n) is 9.96. The average molecular weight is 550 g/mol. The van der Waals surface area contributed by atoms with Crippen LogP contribution in [0.3, 0.4) is 0 Å². The van der Waals surface area contributed by atoms with Crippen molar-refractivity contribution in [3.05, 3.63) is 71.8 Å². The van der Waals surface area contributed by atoms with Crippen LogP contribution in [0.5, 0.6) is 0 Å². The monoisotopic (exact) mass is 549 g/mol. The molecular weight excluding hydrogens is 498 g/mol. The summed E-state index contributed by atoms with van der Waals surface area (Å²) in [4.78, 5) is 16.6. The lowest BCUT2D eigenvalue weighted by Crippen LogP contribution is -2.53. The van der Waals surface area contributed by atoms with Gasteiger partial charge < -0.3 is 14.6 Å². The Labute approximate surface area is 242 Å².